The summed E-state index contributed by atoms with van der Waals surface area (Å²) in [7, 11) is 0. The summed E-state index contributed by atoms with van der Waals surface area (Å²) in [6, 6.07) is 7.99. The molecule has 1 fully saturated rings. The van der Waals surface area contributed by atoms with Gasteiger partial charge in [-0.05, 0) is 30.9 Å². The maximum absolute atomic E-state index is 6.15. The van der Waals surface area contributed by atoms with E-state index in [1.54, 1.807) is 0 Å². The monoisotopic (exact) mass is 291 g/mol. The molecule has 5 heteroatoms. The predicted octanol–water partition coefficient (Wildman–Crippen LogP) is 3.30. The van der Waals surface area contributed by atoms with Crippen molar-refractivity contribution >= 4 is 11.6 Å². The van der Waals surface area contributed by atoms with Gasteiger partial charge in [-0.1, -0.05) is 41.4 Å². The first kappa shape index (κ1) is 13.6. The van der Waals surface area contributed by atoms with Crippen molar-refractivity contribution < 1.29 is 4.52 Å². The van der Waals surface area contributed by atoms with Gasteiger partial charge >= 0.3 is 0 Å². The number of rotatable bonds is 3. The topological polar surface area (TPSA) is 64.9 Å². The molecule has 2 atom stereocenters. The second-order valence-corrected chi connectivity index (χ2v) is 5.85. The number of benzene rings is 1. The number of hydrogen-bond donors (Lipinski definition) is 1. The van der Waals surface area contributed by atoms with E-state index in [-0.39, 0.29) is 6.04 Å². The molecule has 1 aliphatic rings. The number of hydrogen-bond acceptors (Lipinski definition) is 4. The van der Waals surface area contributed by atoms with Crippen molar-refractivity contribution in [3.8, 4) is 0 Å². The fraction of sp³-hybridized carbons (Fsp3) is 0.467. The SMILES string of the molecule is NC1CCCC(c2nc(Cc3ccccc3Cl)no2)C1. The molecule has 0 bridgehead atoms. The third kappa shape index (κ3) is 3.02. The Morgan fingerprint density at radius 1 is 1.30 bits per heavy atom. The maximum atomic E-state index is 6.15. The molecule has 0 spiro atoms. The van der Waals surface area contributed by atoms with E-state index in [1.165, 1.54) is 0 Å². The molecule has 4 nitrogen and oxygen atoms in total. The Kier molecular flexibility index (Phi) is 4.03. The second-order valence-electron chi connectivity index (χ2n) is 5.44. The van der Waals surface area contributed by atoms with Gasteiger partial charge in [-0.25, -0.2) is 0 Å². The lowest BCUT2D eigenvalue weighted by Crippen LogP contribution is -2.26. The van der Waals surface area contributed by atoms with Crippen LogP contribution in [-0.4, -0.2) is 16.2 Å². The van der Waals surface area contributed by atoms with Crippen LogP contribution in [0.1, 0.15) is 48.9 Å². The molecule has 0 saturated heterocycles. The molecule has 0 radical (unpaired) electrons. The number of aromatic nitrogens is 2. The molecule has 1 heterocycles. The fourth-order valence-electron chi connectivity index (χ4n) is 2.77. The predicted molar refractivity (Wildman–Crippen MR) is 77.7 cm³/mol. The van der Waals surface area contributed by atoms with Crippen LogP contribution >= 0.6 is 11.6 Å². The van der Waals surface area contributed by atoms with Crippen LogP contribution in [0.2, 0.25) is 5.02 Å². The third-order valence-corrected chi connectivity index (χ3v) is 4.22. The fourth-order valence-corrected chi connectivity index (χ4v) is 2.97. The molecule has 20 heavy (non-hydrogen) atoms. The first-order valence-corrected chi connectivity index (χ1v) is 7.41. The van der Waals surface area contributed by atoms with Gasteiger partial charge in [0.2, 0.25) is 5.89 Å². The van der Waals surface area contributed by atoms with Gasteiger partial charge in [0, 0.05) is 23.4 Å². The van der Waals surface area contributed by atoms with Crippen molar-refractivity contribution in [2.24, 2.45) is 5.73 Å². The van der Waals surface area contributed by atoms with Crippen LogP contribution in [-0.2, 0) is 6.42 Å². The molecule has 1 aliphatic carbocycles. The lowest BCUT2D eigenvalue weighted by Gasteiger charge is -2.23. The molecule has 0 aliphatic heterocycles. The van der Waals surface area contributed by atoms with Crippen molar-refractivity contribution in [1.29, 1.82) is 0 Å². The summed E-state index contributed by atoms with van der Waals surface area (Å²) < 4.78 is 5.40. The Balaban J connectivity index is 1.72. The zero-order valence-electron chi connectivity index (χ0n) is 11.3. The standard InChI is InChI=1S/C15H18ClN3O/c16-13-7-2-1-4-10(13)9-14-18-15(20-19-14)11-5-3-6-12(17)8-11/h1-2,4,7,11-12H,3,5-6,8-9,17H2. The van der Waals surface area contributed by atoms with E-state index in [9.17, 15) is 0 Å². The molecular weight excluding hydrogens is 274 g/mol. The van der Waals surface area contributed by atoms with Gasteiger partial charge < -0.3 is 10.3 Å². The van der Waals surface area contributed by atoms with Crippen LogP contribution in [0, 0.1) is 0 Å². The highest BCUT2D eigenvalue weighted by Gasteiger charge is 2.25. The largest absolute Gasteiger partial charge is 0.339 e. The summed E-state index contributed by atoms with van der Waals surface area (Å²) in [4.78, 5) is 4.51. The highest BCUT2D eigenvalue weighted by atomic mass is 35.5. The Bertz CT molecular complexity index is 584. The molecule has 1 aromatic heterocycles. The van der Waals surface area contributed by atoms with Gasteiger partial charge in [0.05, 0.1) is 0 Å². The van der Waals surface area contributed by atoms with Crippen molar-refractivity contribution in [1.82, 2.24) is 10.1 Å². The molecule has 0 amide bonds. The summed E-state index contributed by atoms with van der Waals surface area (Å²) in [5, 5.41) is 4.80. The van der Waals surface area contributed by atoms with Gasteiger partial charge in [0.15, 0.2) is 5.82 Å². The summed E-state index contributed by atoms with van der Waals surface area (Å²) >= 11 is 6.15. The van der Waals surface area contributed by atoms with Gasteiger partial charge in [0.1, 0.15) is 0 Å². The van der Waals surface area contributed by atoms with E-state index in [0.717, 1.165) is 42.2 Å². The van der Waals surface area contributed by atoms with Crippen LogP contribution in [0.5, 0.6) is 0 Å². The van der Waals surface area contributed by atoms with Crippen molar-refractivity contribution in [2.45, 2.75) is 44.1 Å². The van der Waals surface area contributed by atoms with Crippen molar-refractivity contribution in [3.05, 3.63) is 46.6 Å². The second kappa shape index (κ2) is 5.94. The average molecular weight is 292 g/mol. The van der Waals surface area contributed by atoms with E-state index in [0.29, 0.717) is 18.2 Å². The van der Waals surface area contributed by atoms with Crippen LogP contribution in [0.25, 0.3) is 0 Å². The number of halogens is 1. The molecule has 2 unspecified atom stereocenters. The first-order chi connectivity index (χ1) is 9.72. The summed E-state index contributed by atoms with van der Waals surface area (Å²) in [6.45, 7) is 0. The lowest BCUT2D eigenvalue weighted by molar-refractivity contribution is 0.297. The first-order valence-electron chi connectivity index (χ1n) is 7.04. The van der Waals surface area contributed by atoms with Gasteiger partial charge in [-0.2, -0.15) is 4.98 Å². The normalized spacial score (nSPS) is 22.9. The lowest BCUT2D eigenvalue weighted by atomic mass is 9.86. The summed E-state index contributed by atoms with van der Waals surface area (Å²) in [5.41, 5.74) is 7.02. The van der Waals surface area contributed by atoms with Crippen LogP contribution in [0.3, 0.4) is 0 Å². The zero-order chi connectivity index (χ0) is 13.9. The summed E-state index contributed by atoms with van der Waals surface area (Å²) in [5.74, 6) is 1.72. The van der Waals surface area contributed by atoms with E-state index in [1.807, 2.05) is 24.3 Å². The van der Waals surface area contributed by atoms with Crippen molar-refractivity contribution in [3.63, 3.8) is 0 Å². The maximum Gasteiger partial charge on any atom is 0.229 e. The van der Waals surface area contributed by atoms with Crippen LogP contribution in [0.4, 0.5) is 0 Å². The quantitative estimate of drug-likeness (QED) is 0.942. The van der Waals surface area contributed by atoms with Gasteiger partial charge in [0.25, 0.3) is 0 Å². The number of nitrogens with two attached hydrogens (primary N) is 1. The minimum atomic E-state index is 0.257. The molecule has 3 rings (SSSR count). The average Bonchev–Trinajstić information content (AvgIpc) is 2.90. The molecule has 2 aromatic rings. The molecule has 1 saturated carbocycles. The van der Waals surface area contributed by atoms with Crippen molar-refractivity contribution in [2.75, 3.05) is 0 Å². The minimum Gasteiger partial charge on any atom is -0.339 e. The Morgan fingerprint density at radius 3 is 2.95 bits per heavy atom. The highest BCUT2D eigenvalue weighted by molar-refractivity contribution is 6.31. The molecular formula is C15H18ClN3O. The van der Waals surface area contributed by atoms with E-state index < -0.39 is 0 Å². The summed E-state index contributed by atoms with van der Waals surface area (Å²) in [6.07, 6.45) is 4.85. The smallest absolute Gasteiger partial charge is 0.229 e. The Labute approximate surface area is 123 Å². The minimum absolute atomic E-state index is 0.257. The van der Waals surface area contributed by atoms with Gasteiger partial charge in [-0.15, -0.1) is 0 Å². The highest BCUT2D eigenvalue weighted by Crippen LogP contribution is 2.31. The Morgan fingerprint density at radius 2 is 2.15 bits per heavy atom. The van der Waals surface area contributed by atoms with Crippen LogP contribution < -0.4 is 5.73 Å². The van der Waals surface area contributed by atoms with Gasteiger partial charge in [-0.3, -0.25) is 0 Å². The molecule has 106 valence electrons. The van der Waals surface area contributed by atoms with Crippen LogP contribution in [0.15, 0.2) is 28.8 Å². The number of nitrogens with zero attached hydrogens (tertiary/aromatic N) is 2. The van der Waals surface area contributed by atoms with E-state index >= 15 is 0 Å². The molecule has 1 aromatic carbocycles. The Hall–Kier alpha value is -1.39. The third-order valence-electron chi connectivity index (χ3n) is 3.85. The zero-order valence-corrected chi connectivity index (χ0v) is 12.0. The van der Waals surface area contributed by atoms with E-state index in [4.69, 9.17) is 21.9 Å². The molecule has 2 N–H and O–H groups in total. The van der Waals surface area contributed by atoms with E-state index in [2.05, 4.69) is 10.1 Å².